The van der Waals surface area contributed by atoms with E-state index in [4.69, 9.17) is 4.74 Å². The summed E-state index contributed by atoms with van der Waals surface area (Å²) in [5.41, 5.74) is 2.47. The Balaban J connectivity index is 1.57. The predicted molar refractivity (Wildman–Crippen MR) is 104 cm³/mol. The summed E-state index contributed by atoms with van der Waals surface area (Å²) in [5.74, 6) is 1.30. The fraction of sp³-hybridized carbons (Fsp3) is 0.238. The zero-order chi connectivity index (χ0) is 19.1. The lowest BCUT2D eigenvalue weighted by Crippen LogP contribution is -2.31. The van der Waals surface area contributed by atoms with Gasteiger partial charge in [-0.3, -0.25) is 9.78 Å². The Labute approximate surface area is 158 Å². The first-order valence-corrected chi connectivity index (χ1v) is 8.87. The molecular weight excluding hydrogens is 340 g/mol. The van der Waals surface area contributed by atoms with Crippen LogP contribution in [0, 0.1) is 0 Å². The molecule has 27 heavy (non-hydrogen) atoms. The average molecular weight is 362 g/mol. The first kappa shape index (κ1) is 18.5. The summed E-state index contributed by atoms with van der Waals surface area (Å²) in [4.78, 5) is 26.7. The zero-order valence-corrected chi connectivity index (χ0v) is 15.5. The van der Waals surface area contributed by atoms with Gasteiger partial charge in [-0.1, -0.05) is 25.1 Å². The van der Waals surface area contributed by atoms with E-state index in [1.807, 2.05) is 36.4 Å². The van der Waals surface area contributed by atoms with E-state index in [1.54, 1.807) is 36.7 Å². The van der Waals surface area contributed by atoms with Crippen molar-refractivity contribution in [1.82, 2.24) is 19.9 Å². The number of nitrogens with zero attached hydrogens (tertiary/aromatic N) is 4. The van der Waals surface area contributed by atoms with Crippen LogP contribution in [0.3, 0.4) is 0 Å². The summed E-state index contributed by atoms with van der Waals surface area (Å²) in [6, 6.07) is 11.6. The number of likely N-dealkylation sites (N-methyl/N-ethyl adjacent to an activating group) is 1. The molecule has 1 aromatic carbocycles. The van der Waals surface area contributed by atoms with Crippen LogP contribution in [-0.2, 0) is 6.42 Å². The summed E-state index contributed by atoms with van der Waals surface area (Å²) in [6.07, 6.45) is 7.38. The Morgan fingerprint density at radius 1 is 1.07 bits per heavy atom. The van der Waals surface area contributed by atoms with Gasteiger partial charge in [0.25, 0.3) is 5.91 Å². The maximum atomic E-state index is 12.5. The van der Waals surface area contributed by atoms with E-state index < -0.39 is 0 Å². The molecule has 0 unspecified atom stereocenters. The molecule has 0 bridgehead atoms. The van der Waals surface area contributed by atoms with Crippen LogP contribution in [0.2, 0.25) is 0 Å². The minimum Gasteiger partial charge on any atom is -0.491 e. The van der Waals surface area contributed by atoms with Crippen molar-refractivity contribution >= 4 is 5.91 Å². The fourth-order valence-electron chi connectivity index (χ4n) is 2.64. The van der Waals surface area contributed by atoms with E-state index in [-0.39, 0.29) is 5.91 Å². The van der Waals surface area contributed by atoms with Gasteiger partial charge < -0.3 is 9.64 Å². The lowest BCUT2D eigenvalue weighted by molar-refractivity contribution is 0.0772. The van der Waals surface area contributed by atoms with Crippen LogP contribution in [-0.4, -0.2) is 46.0 Å². The molecule has 2 heterocycles. The van der Waals surface area contributed by atoms with Crippen LogP contribution in [0.25, 0.3) is 11.4 Å². The van der Waals surface area contributed by atoms with E-state index in [2.05, 4.69) is 21.9 Å². The van der Waals surface area contributed by atoms with E-state index in [9.17, 15) is 4.79 Å². The minimum atomic E-state index is -0.136. The number of benzene rings is 1. The van der Waals surface area contributed by atoms with Crippen molar-refractivity contribution < 1.29 is 9.53 Å². The molecule has 0 aliphatic rings. The summed E-state index contributed by atoms with van der Waals surface area (Å²) < 4.78 is 5.83. The van der Waals surface area contributed by atoms with Crippen molar-refractivity contribution in [2.75, 3.05) is 20.2 Å². The number of amides is 1. The number of carbonyl (C=O) groups is 1. The van der Waals surface area contributed by atoms with Crippen molar-refractivity contribution in [3.05, 3.63) is 72.3 Å². The van der Waals surface area contributed by atoms with Crippen LogP contribution < -0.4 is 4.74 Å². The van der Waals surface area contributed by atoms with E-state index in [1.165, 1.54) is 0 Å². The number of hydrogen-bond donors (Lipinski definition) is 0. The van der Waals surface area contributed by atoms with Gasteiger partial charge in [0.1, 0.15) is 12.4 Å². The van der Waals surface area contributed by atoms with Gasteiger partial charge in [-0.25, -0.2) is 9.97 Å². The molecule has 138 valence electrons. The molecule has 0 fully saturated rings. The van der Waals surface area contributed by atoms with Crippen LogP contribution in [0.5, 0.6) is 5.75 Å². The van der Waals surface area contributed by atoms with E-state index in [0.29, 0.717) is 24.5 Å². The molecule has 3 aromatic rings. The van der Waals surface area contributed by atoms with Gasteiger partial charge in [-0.05, 0) is 30.2 Å². The molecule has 0 saturated carbocycles. The van der Waals surface area contributed by atoms with Crippen molar-refractivity contribution in [1.29, 1.82) is 0 Å². The van der Waals surface area contributed by atoms with Gasteiger partial charge in [0, 0.05) is 37.4 Å². The summed E-state index contributed by atoms with van der Waals surface area (Å²) in [7, 11) is 1.74. The second-order valence-electron chi connectivity index (χ2n) is 6.07. The topological polar surface area (TPSA) is 68.2 Å². The quantitative estimate of drug-likeness (QED) is 0.645. The maximum Gasteiger partial charge on any atom is 0.256 e. The van der Waals surface area contributed by atoms with Crippen LogP contribution in [0.15, 0.2) is 61.2 Å². The van der Waals surface area contributed by atoms with Crippen LogP contribution in [0.4, 0.5) is 0 Å². The largest absolute Gasteiger partial charge is 0.491 e. The van der Waals surface area contributed by atoms with Crippen LogP contribution >= 0.6 is 0 Å². The second kappa shape index (κ2) is 8.89. The molecule has 3 rings (SSSR count). The molecule has 0 spiro atoms. The number of carbonyl (C=O) groups excluding carboxylic acids is 1. The monoisotopic (exact) mass is 362 g/mol. The molecule has 0 aliphatic carbocycles. The second-order valence-corrected chi connectivity index (χ2v) is 6.07. The Hall–Kier alpha value is -3.28. The van der Waals surface area contributed by atoms with Crippen molar-refractivity contribution in [3.8, 4) is 17.1 Å². The number of hydrogen-bond acceptors (Lipinski definition) is 5. The third-order valence-corrected chi connectivity index (χ3v) is 4.22. The fourth-order valence-corrected chi connectivity index (χ4v) is 2.64. The number of ether oxygens (including phenoxy) is 1. The van der Waals surface area contributed by atoms with Crippen molar-refractivity contribution in [3.63, 3.8) is 0 Å². The highest BCUT2D eigenvalue weighted by Gasteiger charge is 2.13. The van der Waals surface area contributed by atoms with Crippen molar-refractivity contribution in [2.45, 2.75) is 13.3 Å². The molecule has 2 aromatic heterocycles. The number of aryl methyl sites for hydroxylation is 1. The third-order valence-electron chi connectivity index (χ3n) is 4.22. The highest BCUT2D eigenvalue weighted by Crippen LogP contribution is 2.18. The maximum absolute atomic E-state index is 12.5. The molecule has 0 saturated heterocycles. The lowest BCUT2D eigenvalue weighted by atomic mass is 10.1. The smallest absolute Gasteiger partial charge is 0.256 e. The Morgan fingerprint density at radius 2 is 1.78 bits per heavy atom. The molecule has 6 heteroatoms. The SMILES string of the molecule is CCc1ccccc1OCCN(C)C(=O)c1cnc(-c2ccncc2)nc1. The molecule has 6 nitrogen and oxygen atoms in total. The molecular formula is C21H22N4O2. The Bertz CT molecular complexity index is 882. The summed E-state index contributed by atoms with van der Waals surface area (Å²) >= 11 is 0. The predicted octanol–water partition coefficient (Wildman–Crippen LogP) is 3.25. The molecule has 0 radical (unpaired) electrons. The first-order chi connectivity index (χ1) is 13.2. The number of pyridine rings is 1. The molecule has 0 atom stereocenters. The van der Waals surface area contributed by atoms with Gasteiger partial charge >= 0.3 is 0 Å². The zero-order valence-electron chi connectivity index (χ0n) is 15.5. The number of rotatable bonds is 7. The molecule has 1 amide bonds. The summed E-state index contributed by atoms with van der Waals surface area (Å²) in [5, 5.41) is 0. The number of aromatic nitrogens is 3. The summed E-state index contributed by atoms with van der Waals surface area (Å²) in [6.45, 7) is 2.99. The molecule has 0 N–H and O–H groups in total. The van der Waals surface area contributed by atoms with Gasteiger partial charge in [-0.15, -0.1) is 0 Å². The normalized spacial score (nSPS) is 10.4. The lowest BCUT2D eigenvalue weighted by Gasteiger charge is -2.18. The van der Waals surface area contributed by atoms with Gasteiger partial charge in [-0.2, -0.15) is 0 Å². The Morgan fingerprint density at radius 3 is 2.48 bits per heavy atom. The van der Waals surface area contributed by atoms with E-state index >= 15 is 0 Å². The Kier molecular flexibility index (Phi) is 6.10. The number of para-hydroxylation sites is 1. The van der Waals surface area contributed by atoms with Gasteiger partial charge in [0.15, 0.2) is 5.82 Å². The standard InChI is InChI=1S/C21H22N4O2/c1-3-16-6-4-5-7-19(16)27-13-12-25(2)21(26)18-14-23-20(24-15-18)17-8-10-22-11-9-17/h4-11,14-15H,3,12-13H2,1-2H3. The van der Waals surface area contributed by atoms with Crippen molar-refractivity contribution in [2.24, 2.45) is 0 Å². The highest BCUT2D eigenvalue weighted by atomic mass is 16.5. The minimum absolute atomic E-state index is 0.136. The first-order valence-electron chi connectivity index (χ1n) is 8.87. The van der Waals surface area contributed by atoms with Crippen LogP contribution in [0.1, 0.15) is 22.8 Å². The van der Waals surface area contributed by atoms with E-state index in [0.717, 1.165) is 23.3 Å². The van der Waals surface area contributed by atoms with Gasteiger partial charge in [0.2, 0.25) is 0 Å². The highest BCUT2D eigenvalue weighted by molar-refractivity contribution is 5.93. The molecule has 0 aliphatic heterocycles. The third kappa shape index (κ3) is 4.67. The van der Waals surface area contributed by atoms with Gasteiger partial charge in [0.05, 0.1) is 12.1 Å². The average Bonchev–Trinajstić information content (AvgIpc) is 2.74.